The minimum Gasteiger partial charge on any atom is -0.274 e. The molecule has 0 aromatic heterocycles. The van der Waals surface area contributed by atoms with Gasteiger partial charge < -0.3 is 0 Å². The average Bonchev–Trinajstić information content (AvgIpc) is 3.22. The van der Waals surface area contributed by atoms with Crippen LogP contribution in [0.15, 0.2) is 72.8 Å². The maximum absolute atomic E-state index is 13.2. The molecule has 2 fully saturated rings. The summed E-state index contributed by atoms with van der Waals surface area (Å²) in [5.74, 6) is -0.411. The predicted molar refractivity (Wildman–Crippen MR) is 95.8 cm³/mol. The summed E-state index contributed by atoms with van der Waals surface area (Å²) in [5.41, 5.74) is 1.73. The zero-order valence-corrected chi connectivity index (χ0v) is 14.0. The van der Waals surface area contributed by atoms with Crippen molar-refractivity contribution in [2.24, 2.45) is 23.7 Å². The highest BCUT2D eigenvalue weighted by atomic mass is 16.2. The number of hydrogen-bond acceptors (Lipinski definition) is 2. The van der Waals surface area contributed by atoms with Gasteiger partial charge in [-0.1, -0.05) is 67.6 Å². The largest absolute Gasteiger partial charge is 0.274 e. The Balaban J connectivity index is 1.59. The Labute approximate surface area is 147 Å². The molecular weight excluding hydrogens is 310 g/mol. The van der Waals surface area contributed by atoms with Crippen LogP contribution in [0.25, 0.3) is 0 Å². The second-order valence-electron chi connectivity index (χ2n) is 7.48. The molecule has 1 heterocycles. The number of anilines is 1. The number of carbonyl (C=O) groups excluding carboxylic acids is 2. The van der Waals surface area contributed by atoms with Gasteiger partial charge in [0.25, 0.3) is 0 Å². The van der Waals surface area contributed by atoms with Crippen molar-refractivity contribution in [3.63, 3.8) is 0 Å². The Morgan fingerprint density at radius 2 is 1.24 bits per heavy atom. The van der Waals surface area contributed by atoms with Crippen LogP contribution in [0.4, 0.5) is 5.69 Å². The van der Waals surface area contributed by atoms with Gasteiger partial charge in [0.2, 0.25) is 11.8 Å². The summed E-state index contributed by atoms with van der Waals surface area (Å²) in [6.45, 7) is 2.21. The normalized spacial score (nSPS) is 35.5. The fourth-order valence-electron chi connectivity index (χ4n) is 5.33. The number of hydrogen-bond donors (Lipinski definition) is 0. The summed E-state index contributed by atoms with van der Waals surface area (Å²) in [6, 6.07) is 19.6. The summed E-state index contributed by atoms with van der Waals surface area (Å²) in [5, 5.41) is 0. The fraction of sp³-hybridized carbons (Fsp3) is 0.273. The zero-order chi connectivity index (χ0) is 17.2. The van der Waals surface area contributed by atoms with E-state index in [2.05, 4.69) is 31.2 Å². The summed E-state index contributed by atoms with van der Waals surface area (Å²) in [6.07, 6.45) is 4.33. The van der Waals surface area contributed by atoms with Gasteiger partial charge in [0.1, 0.15) is 0 Å². The smallest absolute Gasteiger partial charge is 0.238 e. The Bertz CT molecular complexity index is 855. The van der Waals surface area contributed by atoms with E-state index in [4.69, 9.17) is 0 Å². The van der Waals surface area contributed by atoms with Crippen LogP contribution in [-0.2, 0) is 15.0 Å². The Morgan fingerprint density at radius 3 is 1.76 bits per heavy atom. The molecular formula is C22H19NO2. The number of rotatable bonds is 2. The number of carbonyl (C=O) groups is 2. The van der Waals surface area contributed by atoms with Crippen LogP contribution < -0.4 is 4.90 Å². The van der Waals surface area contributed by atoms with Crippen molar-refractivity contribution >= 4 is 17.5 Å². The number of nitrogens with zero attached hydrogens (tertiary/aromatic N) is 1. The van der Waals surface area contributed by atoms with Crippen molar-refractivity contribution in [2.45, 2.75) is 12.3 Å². The molecule has 4 unspecified atom stereocenters. The lowest BCUT2D eigenvalue weighted by Crippen LogP contribution is -2.39. The molecule has 0 radical (unpaired) electrons. The predicted octanol–water partition coefficient (Wildman–Crippen LogP) is 3.57. The van der Waals surface area contributed by atoms with Gasteiger partial charge in [-0.15, -0.1) is 0 Å². The van der Waals surface area contributed by atoms with E-state index >= 15 is 0 Å². The second-order valence-corrected chi connectivity index (χ2v) is 7.48. The van der Waals surface area contributed by atoms with Gasteiger partial charge in [-0.05, 0) is 29.5 Å². The summed E-state index contributed by atoms with van der Waals surface area (Å²) in [7, 11) is 0. The van der Waals surface area contributed by atoms with Crippen molar-refractivity contribution < 1.29 is 9.59 Å². The van der Waals surface area contributed by atoms with E-state index in [9.17, 15) is 9.59 Å². The first-order chi connectivity index (χ1) is 12.1. The third-order valence-corrected chi connectivity index (χ3v) is 6.49. The van der Waals surface area contributed by atoms with E-state index in [1.54, 1.807) is 0 Å². The third-order valence-electron chi connectivity index (χ3n) is 6.49. The van der Waals surface area contributed by atoms with Crippen LogP contribution >= 0.6 is 0 Å². The number of allylic oxidation sites excluding steroid dienone is 2. The monoisotopic (exact) mass is 329 g/mol. The number of imide groups is 1. The molecule has 25 heavy (non-hydrogen) atoms. The first kappa shape index (κ1) is 14.6. The molecule has 1 saturated heterocycles. The van der Waals surface area contributed by atoms with Gasteiger partial charge in [0.15, 0.2) is 0 Å². The van der Waals surface area contributed by atoms with Crippen molar-refractivity contribution in [3.05, 3.63) is 78.4 Å². The van der Waals surface area contributed by atoms with Crippen molar-refractivity contribution in [3.8, 4) is 0 Å². The molecule has 2 amide bonds. The Morgan fingerprint density at radius 1 is 0.760 bits per heavy atom. The molecule has 1 saturated carbocycles. The molecule has 0 spiro atoms. The molecule has 124 valence electrons. The SMILES string of the molecule is CC1(c2ccccc2)C2C=CC1C1C(=O)N(c3ccccc3)C(=O)C12. The maximum Gasteiger partial charge on any atom is 0.238 e. The standard InChI is InChI=1S/C22H19NO2/c1-22(14-8-4-2-5-9-14)16-12-13-17(22)19-18(16)20(24)23(21(19)25)15-10-6-3-7-11-15/h2-13,16-19H,1H3. The number of fused-ring (bicyclic) bond motifs is 5. The average molecular weight is 329 g/mol. The number of benzene rings is 2. The van der Waals surface area contributed by atoms with Crippen LogP contribution in [0.2, 0.25) is 0 Å². The highest BCUT2D eigenvalue weighted by molar-refractivity contribution is 6.23. The molecule has 2 bridgehead atoms. The van der Waals surface area contributed by atoms with Gasteiger partial charge in [-0.25, -0.2) is 0 Å². The number of para-hydroxylation sites is 1. The second kappa shape index (κ2) is 4.92. The van der Waals surface area contributed by atoms with E-state index in [0.717, 1.165) is 0 Å². The molecule has 4 atom stereocenters. The lowest BCUT2D eigenvalue weighted by molar-refractivity contribution is -0.123. The first-order valence-corrected chi connectivity index (χ1v) is 8.81. The highest BCUT2D eigenvalue weighted by Gasteiger charge is 2.68. The van der Waals surface area contributed by atoms with Crippen LogP contribution in [0, 0.1) is 23.7 Å². The molecule has 2 aromatic carbocycles. The first-order valence-electron chi connectivity index (χ1n) is 8.81. The molecule has 2 aromatic rings. The van der Waals surface area contributed by atoms with Crippen LogP contribution in [0.3, 0.4) is 0 Å². The zero-order valence-electron chi connectivity index (χ0n) is 14.0. The van der Waals surface area contributed by atoms with Gasteiger partial charge in [0, 0.05) is 5.41 Å². The van der Waals surface area contributed by atoms with Crippen molar-refractivity contribution in [2.75, 3.05) is 4.90 Å². The quantitative estimate of drug-likeness (QED) is 0.624. The van der Waals surface area contributed by atoms with E-state index in [0.29, 0.717) is 5.69 Å². The van der Waals surface area contributed by atoms with Crippen LogP contribution in [0.5, 0.6) is 0 Å². The van der Waals surface area contributed by atoms with E-state index in [1.807, 2.05) is 48.5 Å². The molecule has 3 nitrogen and oxygen atoms in total. The van der Waals surface area contributed by atoms with Gasteiger partial charge in [-0.2, -0.15) is 0 Å². The lowest BCUT2D eigenvalue weighted by atomic mass is 9.71. The Hall–Kier alpha value is -2.68. The number of amides is 2. The van der Waals surface area contributed by atoms with Crippen LogP contribution in [-0.4, -0.2) is 11.8 Å². The minimum absolute atomic E-state index is 0.0415. The van der Waals surface area contributed by atoms with Gasteiger partial charge in [-0.3, -0.25) is 14.5 Å². The molecule has 2 aliphatic carbocycles. The molecule has 0 N–H and O–H groups in total. The van der Waals surface area contributed by atoms with E-state index in [-0.39, 0.29) is 40.9 Å². The Kier molecular flexibility index (Phi) is 2.88. The van der Waals surface area contributed by atoms with Crippen molar-refractivity contribution in [1.82, 2.24) is 0 Å². The summed E-state index contributed by atoms with van der Waals surface area (Å²) < 4.78 is 0. The van der Waals surface area contributed by atoms with E-state index in [1.165, 1.54) is 10.5 Å². The van der Waals surface area contributed by atoms with Crippen molar-refractivity contribution in [1.29, 1.82) is 0 Å². The molecule has 3 heteroatoms. The summed E-state index contributed by atoms with van der Waals surface area (Å²) >= 11 is 0. The highest BCUT2D eigenvalue weighted by Crippen LogP contribution is 2.63. The topological polar surface area (TPSA) is 37.4 Å². The van der Waals surface area contributed by atoms with Gasteiger partial charge >= 0.3 is 0 Å². The van der Waals surface area contributed by atoms with Gasteiger partial charge in [0.05, 0.1) is 17.5 Å². The molecule has 5 rings (SSSR count). The third kappa shape index (κ3) is 1.70. The molecule has 3 aliphatic rings. The van der Waals surface area contributed by atoms with E-state index < -0.39 is 0 Å². The summed E-state index contributed by atoms with van der Waals surface area (Å²) in [4.78, 5) is 27.8. The molecule has 1 aliphatic heterocycles. The maximum atomic E-state index is 13.2. The minimum atomic E-state index is -0.243. The van der Waals surface area contributed by atoms with Crippen LogP contribution in [0.1, 0.15) is 12.5 Å². The fourth-order valence-corrected chi connectivity index (χ4v) is 5.33. The lowest BCUT2D eigenvalue weighted by Gasteiger charge is -2.33.